The molecular weight excluding hydrogens is 142 g/mol. The number of hydrogen-bond acceptors (Lipinski definition) is 4. The second kappa shape index (κ2) is 5.82. The van der Waals surface area contributed by atoms with Gasteiger partial charge in [-0.15, -0.1) is 0 Å². The maximum absolute atomic E-state index is 3.56. The van der Waals surface area contributed by atoms with Gasteiger partial charge in [0.05, 0.1) is 0 Å². The van der Waals surface area contributed by atoms with Crippen LogP contribution < -0.4 is 10.6 Å². The molecule has 2 heterocycles. The Bertz CT molecular complexity index is 117. The van der Waals surface area contributed by atoms with E-state index in [2.05, 4.69) is 25.8 Å². The van der Waals surface area contributed by atoms with Crippen LogP contribution in [0.2, 0.25) is 0 Å². The first-order valence-corrected chi connectivity index (χ1v) is 3.70. The quantitative estimate of drug-likeness (QED) is 0.449. The molecule has 1 saturated heterocycles. The topological polar surface area (TPSA) is 65.6 Å². The first kappa shape index (κ1) is 8.16. The molecule has 0 radical (unpaired) electrons. The van der Waals surface area contributed by atoms with Crippen LogP contribution in [0.4, 0.5) is 0 Å². The minimum absolute atomic E-state index is 1.14. The Kier molecular flexibility index (Phi) is 4.31. The number of H-pyrrole nitrogens is 1. The zero-order chi connectivity index (χ0) is 7.78. The molecule has 0 spiro atoms. The highest BCUT2D eigenvalue weighted by Crippen LogP contribution is 1.65. The number of nitrogens with zero attached hydrogens (tertiary/aromatic N) is 2. The SMILES string of the molecule is C1CNCCN1.c1nc[nH]n1. The van der Waals surface area contributed by atoms with Crippen LogP contribution >= 0.6 is 0 Å². The van der Waals surface area contributed by atoms with Crippen molar-refractivity contribution in [2.45, 2.75) is 0 Å². The smallest absolute Gasteiger partial charge is 0.137 e. The summed E-state index contributed by atoms with van der Waals surface area (Å²) >= 11 is 0. The van der Waals surface area contributed by atoms with Crippen molar-refractivity contribution in [3.63, 3.8) is 0 Å². The van der Waals surface area contributed by atoms with E-state index in [4.69, 9.17) is 0 Å². The lowest BCUT2D eigenvalue weighted by Gasteiger charge is -2.11. The summed E-state index contributed by atoms with van der Waals surface area (Å²) in [7, 11) is 0. The zero-order valence-corrected chi connectivity index (χ0v) is 6.38. The second-order valence-corrected chi connectivity index (χ2v) is 2.15. The highest BCUT2D eigenvalue weighted by Gasteiger charge is 1.91. The predicted molar refractivity (Wildman–Crippen MR) is 42.1 cm³/mol. The van der Waals surface area contributed by atoms with Crippen molar-refractivity contribution >= 4 is 0 Å². The van der Waals surface area contributed by atoms with Gasteiger partial charge in [-0.05, 0) is 0 Å². The molecule has 11 heavy (non-hydrogen) atoms. The van der Waals surface area contributed by atoms with Crippen molar-refractivity contribution in [2.75, 3.05) is 26.2 Å². The Morgan fingerprint density at radius 1 is 1.00 bits per heavy atom. The van der Waals surface area contributed by atoms with E-state index in [1.54, 1.807) is 0 Å². The fourth-order valence-electron chi connectivity index (χ4n) is 0.770. The van der Waals surface area contributed by atoms with Gasteiger partial charge in [0.1, 0.15) is 12.7 Å². The maximum atomic E-state index is 3.56. The second-order valence-electron chi connectivity index (χ2n) is 2.15. The normalized spacial score (nSPS) is 16.7. The third-order valence-corrected chi connectivity index (χ3v) is 1.29. The molecule has 62 valence electrons. The van der Waals surface area contributed by atoms with Gasteiger partial charge in [-0.25, -0.2) is 4.98 Å². The van der Waals surface area contributed by atoms with Crippen LogP contribution in [0, 0.1) is 0 Å². The third kappa shape index (κ3) is 4.46. The minimum atomic E-state index is 1.14. The summed E-state index contributed by atoms with van der Waals surface area (Å²) in [5.41, 5.74) is 0. The van der Waals surface area contributed by atoms with Crippen molar-refractivity contribution < 1.29 is 0 Å². The Morgan fingerprint density at radius 2 is 1.64 bits per heavy atom. The molecule has 1 aliphatic heterocycles. The van der Waals surface area contributed by atoms with Crippen LogP contribution in [0.15, 0.2) is 12.7 Å². The first-order valence-electron chi connectivity index (χ1n) is 3.70. The minimum Gasteiger partial charge on any atom is -0.314 e. The molecule has 1 aromatic heterocycles. The van der Waals surface area contributed by atoms with E-state index < -0.39 is 0 Å². The molecule has 0 aromatic carbocycles. The van der Waals surface area contributed by atoms with Crippen molar-refractivity contribution in [1.29, 1.82) is 0 Å². The highest BCUT2D eigenvalue weighted by atomic mass is 15.2. The summed E-state index contributed by atoms with van der Waals surface area (Å²) in [5.74, 6) is 0. The van der Waals surface area contributed by atoms with Crippen molar-refractivity contribution in [1.82, 2.24) is 25.8 Å². The summed E-state index contributed by atoms with van der Waals surface area (Å²) in [5, 5.41) is 12.4. The van der Waals surface area contributed by atoms with Gasteiger partial charge >= 0.3 is 0 Å². The molecule has 5 nitrogen and oxygen atoms in total. The Morgan fingerprint density at radius 3 is 1.82 bits per heavy atom. The van der Waals surface area contributed by atoms with Crippen LogP contribution in [0.1, 0.15) is 0 Å². The van der Waals surface area contributed by atoms with Crippen LogP contribution in [-0.4, -0.2) is 41.4 Å². The summed E-state index contributed by atoms with van der Waals surface area (Å²) < 4.78 is 0. The van der Waals surface area contributed by atoms with Gasteiger partial charge in [0.2, 0.25) is 0 Å². The summed E-state index contributed by atoms with van der Waals surface area (Å²) in [6.45, 7) is 4.56. The zero-order valence-electron chi connectivity index (χ0n) is 6.38. The maximum Gasteiger partial charge on any atom is 0.137 e. The molecule has 0 amide bonds. The predicted octanol–water partition coefficient (Wildman–Crippen LogP) is -1.02. The summed E-state index contributed by atoms with van der Waals surface area (Å²) in [6.07, 6.45) is 2.96. The fourth-order valence-corrected chi connectivity index (χ4v) is 0.770. The van der Waals surface area contributed by atoms with Crippen molar-refractivity contribution in [3.05, 3.63) is 12.7 Å². The highest BCUT2D eigenvalue weighted by molar-refractivity contribution is 4.59. The van der Waals surface area contributed by atoms with E-state index in [0.29, 0.717) is 0 Å². The van der Waals surface area contributed by atoms with Gasteiger partial charge in [-0.2, -0.15) is 5.10 Å². The van der Waals surface area contributed by atoms with Crippen molar-refractivity contribution in [3.8, 4) is 0 Å². The number of nitrogens with one attached hydrogen (secondary N) is 3. The fraction of sp³-hybridized carbons (Fsp3) is 0.667. The lowest BCUT2D eigenvalue weighted by molar-refractivity contribution is 0.534. The van der Waals surface area contributed by atoms with Crippen molar-refractivity contribution in [2.24, 2.45) is 0 Å². The monoisotopic (exact) mass is 155 g/mol. The van der Waals surface area contributed by atoms with Crippen LogP contribution in [0.3, 0.4) is 0 Å². The van der Waals surface area contributed by atoms with E-state index in [9.17, 15) is 0 Å². The molecule has 1 aliphatic rings. The summed E-state index contributed by atoms with van der Waals surface area (Å²) in [6, 6.07) is 0. The largest absolute Gasteiger partial charge is 0.314 e. The van der Waals surface area contributed by atoms with E-state index in [0.717, 1.165) is 26.2 Å². The molecule has 0 aliphatic carbocycles. The van der Waals surface area contributed by atoms with E-state index in [1.165, 1.54) is 12.7 Å². The molecule has 0 unspecified atom stereocenters. The number of piperazine rings is 1. The number of aromatic nitrogens is 3. The molecule has 2 rings (SSSR count). The lowest BCUT2D eigenvalue weighted by Crippen LogP contribution is -2.39. The number of rotatable bonds is 0. The third-order valence-electron chi connectivity index (χ3n) is 1.29. The van der Waals surface area contributed by atoms with Gasteiger partial charge in [0.25, 0.3) is 0 Å². The van der Waals surface area contributed by atoms with Gasteiger partial charge in [-0.3, -0.25) is 5.10 Å². The molecule has 1 fully saturated rings. The first-order chi connectivity index (χ1) is 5.50. The molecule has 0 saturated carbocycles. The van der Waals surface area contributed by atoms with Crippen LogP contribution in [0.25, 0.3) is 0 Å². The standard InChI is InChI=1S/C4H10N2.C2H3N3/c1-2-6-4-3-5-1;1-3-2-5-4-1/h5-6H,1-4H2;1-2H,(H,3,4,5). The number of hydrogen-bond donors (Lipinski definition) is 3. The molecular formula is C6H13N5. The molecule has 3 N–H and O–H groups in total. The Hall–Kier alpha value is -0.940. The van der Waals surface area contributed by atoms with E-state index >= 15 is 0 Å². The van der Waals surface area contributed by atoms with Gasteiger partial charge < -0.3 is 10.6 Å². The molecule has 0 atom stereocenters. The van der Waals surface area contributed by atoms with Gasteiger partial charge in [-0.1, -0.05) is 0 Å². The van der Waals surface area contributed by atoms with Crippen LogP contribution in [0.5, 0.6) is 0 Å². The molecule has 0 bridgehead atoms. The average Bonchev–Trinajstić information content (AvgIpc) is 2.64. The van der Waals surface area contributed by atoms with Gasteiger partial charge in [0.15, 0.2) is 0 Å². The Labute approximate surface area is 65.6 Å². The van der Waals surface area contributed by atoms with E-state index in [1.807, 2.05) is 0 Å². The molecule has 1 aromatic rings. The molecule has 5 heteroatoms. The number of aromatic amines is 1. The van der Waals surface area contributed by atoms with Gasteiger partial charge in [0, 0.05) is 26.2 Å². The van der Waals surface area contributed by atoms with Crippen LogP contribution in [-0.2, 0) is 0 Å². The average molecular weight is 155 g/mol. The van der Waals surface area contributed by atoms with E-state index in [-0.39, 0.29) is 0 Å². The Balaban J connectivity index is 0.000000112. The lowest BCUT2D eigenvalue weighted by atomic mass is 10.4. The summed E-state index contributed by atoms with van der Waals surface area (Å²) in [4.78, 5) is 3.56.